The van der Waals surface area contributed by atoms with E-state index in [9.17, 15) is 5.11 Å². The quantitative estimate of drug-likeness (QED) is 0.0391. The highest BCUT2D eigenvalue weighted by Gasteiger charge is 2.29. The second-order valence-electron chi connectivity index (χ2n) is 16.0. The fraction of sp³-hybridized carbons (Fsp3) is 0.913. The smallest absolute Gasteiger partial charge is 0.102 e. The minimum Gasteiger partial charge on any atom is -0.391 e. The second-order valence-corrected chi connectivity index (χ2v) is 16.0. The van der Waals surface area contributed by atoms with Crippen LogP contribution in [0.1, 0.15) is 213 Å². The Hall–Kier alpha value is -0.680. The molecule has 0 aromatic rings. The van der Waals surface area contributed by atoms with Gasteiger partial charge in [0.2, 0.25) is 0 Å². The van der Waals surface area contributed by atoms with E-state index in [0.29, 0.717) is 12.6 Å². The fourth-order valence-electron chi connectivity index (χ4n) is 7.14. The monoisotopic (exact) mass is 707 g/mol. The maximum absolute atomic E-state index is 9.64. The Morgan fingerprint density at radius 3 is 1.28 bits per heavy atom. The molecule has 0 aliphatic heterocycles. The number of aliphatic hydroxyl groups excluding tert-OH is 1. The first-order chi connectivity index (χ1) is 24.5. The Morgan fingerprint density at radius 1 is 0.500 bits per heavy atom. The number of nitrogens with zero attached hydrogens (tertiary/aromatic N) is 1. The van der Waals surface area contributed by atoms with Crippen LogP contribution in [0.25, 0.3) is 0 Å². The Labute approximate surface area is 315 Å². The summed E-state index contributed by atoms with van der Waals surface area (Å²) in [4.78, 5) is 0. The second kappa shape index (κ2) is 39.5. The third-order valence-corrected chi connectivity index (χ3v) is 10.8. The summed E-state index contributed by atoms with van der Waals surface area (Å²) in [5, 5.41) is 9.64. The van der Waals surface area contributed by atoms with Crippen LogP contribution in [0.15, 0.2) is 24.3 Å². The maximum atomic E-state index is 9.64. The van der Waals surface area contributed by atoms with Crippen molar-refractivity contribution in [2.45, 2.75) is 226 Å². The predicted octanol–water partition coefficient (Wildman–Crippen LogP) is 13.7. The topological polar surface area (TPSA) is 38.7 Å². The summed E-state index contributed by atoms with van der Waals surface area (Å²) in [5.74, 6) is 0. The molecule has 0 aromatic carbocycles. The minimum absolute atomic E-state index is 0.147. The number of allylic oxidation sites excluding steroid dienone is 4. The van der Waals surface area contributed by atoms with Crippen LogP contribution in [0.4, 0.5) is 0 Å². The van der Waals surface area contributed by atoms with Crippen molar-refractivity contribution in [3.8, 4) is 0 Å². The SMILES string of the molecule is CCCCCCCC/C=C\CCCCCCCCOCC(CC(CC)[N+](C)(C)CCO)OCCCCCCCC/C=C\CCCCCCCC. The zero-order valence-corrected chi connectivity index (χ0v) is 34.9. The van der Waals surface area contributed by atoms with Gasteiger partial charge in [0, 0.05) is 19.6 Å². The Balaban J connectivity index is 4.07. The number of unbranched alkanes of at least 4 members (excludes halogenated alkanes) is 24. The van der Waals surface area contributed by atoms with Crippen molar-refractivity contribution in [1.29, 1.82) is 0 Å². The van der Waals surface area contributed by atoms with E-state index in [0.717, 1.165) is 49.9 Å². The van der Waals surface area contributed by atoms with Crippen LogP contribution < -0.4 is 0 Å². The van der Waals surface area contributed by atoms with Gasteiger partial charge in [-0.2, -0.15) is 0 Å². The number of rotatable bonds is 41. The molecule has 0 bridgehead atoms. The molecule has 0 radical (unpaired) electrons. The fourth-order valence-corrected chi connectivity index (χ4v) is 7.14. The Kier molecular flexibility index (Phi) is 39.0. The summed E-state index contributed by atoms with van der Waals surface area (Å²) >= 11 is 0. The molecule has 2 unspecified atom stereocenters. The molecule has 0 aliphatic carbocycles. The van der Waals surface area contributed by atoms with E-state index in [2.05, 4.69) is 59.2 Å². The normalized spacial score (nSPS) is 13.6. The van der Waals surface area contributed by atoms with Gasteiger partial charge in [-0.3, -0.25) is 0 Å². The van der Waals surface area contributed by atoms with Crippen LogP contribution >= 0.6 is 0 Å². The van der Waals surface area contributed by atoms with Gasteiger partial charge in [-0.1, -0.05) is 161 Å². The average molecular weight is 707 g/mol. The summed E-state index contributed by atoms with van der Waals surface area (Å²) in [6, 6.07) is 0.473. The first-order valence-corrected chi connectivity index (χ1v) is 22.4. The lowest BCUT2D eigenvalue weighted by molar-refractivity contribution is -0.916. The highest BCUT2D eigenvalue weighted by atomic mass is 16.5. The van der Waals surface area contributed by atoms with Crippen molar-refractivity contribution < 1.29 is 19.1 Å². The lowest BCUT2D eigenvalue weighted by Gasteiger charge is -2.39. The third kappa shape index (κ3) is 34.4. The van der Waals surface area contributed by atoms with Crippen molar-refractivity contribution >= 4 is 0 Å². The van der Waals surface area contributed by atoms with Gasteiger partial charge in [-0.05, 0) is 70.6 Å². The molecule has 0 spiro atoms. The summed E-state index contributed by atoms with van der Waals surface area (Å²) in [6.45, 7) is 10.3. The van der Waals surface area contributed by atoms with Crippen LogP contribution in [0, 0.1) is 0 Å². The molecule has 0 saturated heterocycles. The summed E-state index contributed by atoms with van der Waals surface area (Å²) in [6.07, 6.45) is 49.2. The zero-order chi connectivity index (χ0) is 36.6. The van der Waals surface area contributed by atoms with Crippen molar-refractivity contribution in [2.24, 2.45) is 0 Å². The van der Waals surface area contributed by atoms with Crippen molar-refractivity contribution in [2.75, 3.05) is 47.1 Å². The van der Waals surface area contributed by atoms with Gasteiger partial charge < -0.3 is 19.1 Å². The lowest BCUT2D eigenvalue weighted by atomic mass is 10.0. The van der Waals surface area contributed by atoms with E-state index in [1.807, 2.05) is 0 Å². The van der Waals surface area contributed by atoms with E-state index in [1.54, 1.807) is 0 Å². The van der Waals surface area contributed by atoms with Gasteiger partial charge in [-0.15, -0.1) is 0 Å². The standard InChI is InChI=1S/C46H92NO3/c1-6-9-11-13-15-17-19-21-23-25-27-29-31-33-35-37-41-49-44-46(43-45(8-3)47(4,5)39-40-48)50-42-38-36-34-32-30-28-26-24-22-20-18-16-14-12-10-7-2/h21-24,45-46,48H,6-20,25-44H2,1-5H3/q+1/b23-21-,24-22-. The van der Waals surface area contributed by atoms with Crippen LogP contribution in [0.2, 0.25) is 0 Å². The maximum Gasteiger partial charge on any atom is 0.102 e. The number of hydrogen-bond acceptors (Lipinski definition) is 3. The van der Waals surface area contributed by atoms with Gasteiger partial charge in [0.15, 0.2) is 0 Å². The zero-order valence-electron chi connectivity index (χ0n) is 34.9. The molecular formula is C46H92NO3+. The Morgan fingerprint density at radius 2 is 0.880 bits per heavy atom. The Bertz CT molecular complexity index is 706. The molecule has 4 heteroatoms. The van der Waals surface area contributed by atoms with Crippen molar-refractivity contribution in [3.05, 3.63) is 24.3 Å². The molecule has 0 aromatic heterocycles. The van der Waals surface area contributed by atoms with Gasteiger partial charge >= 0.3 is 0 Å². The molecule has 0 fully saturated rings. The van der Waals surface area contributed by atoms with Crippen molar-refractivity contribution in [1.82, 2.24) is 0 Å². The van der Waals surface area contributed by atoms with Gasteiger partial charge in [0.25, 0.3) is 0 Å². The van der Waals surface area contributed by atoms with E-state index >= 15 is 0 Å². The van der Waals surface area contributed by atoms with Crippen molar-refractivity contribution in [3.63, 3.8) is 0 Å². The summed E-state index contributed by atoms with van der Waals surface area (Å²) < 4.78 is 13.6. The highest BCUT2D eigenvalue weighted by Crippen LogP contribution is 2.19. The van der Waals surface area contributed by atoms with E-state index in [4.69, 9.17) is 9.47 Å². The number of hydrogen-bond donors (Lipinski definition) is 1. The average Bonchev–Trinajstić information content (AvgIpc) is 3.10. The molecule has 0 amide bonds. The third-order valence-electron chi connectivity index (χ3n) is 10.8. The molecule has 298 valence electrons. The predicted molar refractivity (Wildman–Crippen MR) is 222 cm³/mol. The lowest BCUT2D eigenvalue weighted by Crippen LogP contribution is -2.52. The van der Waals surface area contributed by atoms with E-state index in [-0.39, 0.29) is 12.7 Å². The minimum atomic E-state index is 0.147. The van der Waals surface area contributed by atoms with E-state index < -0.39 is 0 Å². The van der Waals surface area contributed by atoms with Crippen LogP contribution in [0.5, 0.6) is 0 Å². The molecule has 1 N–H and O–H groups in total. The molecular weight excluding hydrogens is 615 g/mol. The van der Waals surface area contributed by atoms with Gasteiger partial charge in [-0.25, -0.2) is 0 Å². The molecule has 0 saturated carbocycles. The summed E-state index contributed by atoms with van der Waals surface area (Å²) in [5.41, 5.74) is 0. The molecule has 4 nitrogen and oxygen atoms in total. The molecule has 50 heavy (non-hydrogen) atoms. The molecule has 0 rings (SSSR count). The van der Waals surface area contributed by atoms with Gasteiger partial charge in [0.05, 0.1) is 39.5 Å². The largest absolute Gasteiger partial charge is 0.391 e. The number of quaternary nitrogens is 1. The van der Waals surface area contributed by atoms with Crippen LogP contribution in [-0.4, -0.2) is 68.8 Å². The summed E-state index contributed by atoms with van der Waals surface area (Å²) in [7, 11) is 4.50. The van der Waals surface area contributed by atoms with Gasteiger partial charge in [0.1, 0.15) is 6.54 Å². The number of likely N-dealkylation sites (N-methyl/N-ethyl adjacent to an activating group) is 1. The molecule has 0 aliphatic rings. The van der Waals surface area contributed by atoms with Crippen LogP contribution in [0.3, 0.4) is 0 Å². The highest BCUT2D eigenvalue weighted by molar-refractivity contribution is 4.82. The molecule has 2 atom stereocenters. The molecule has 0 heterocycles. The number of ether oxygens (including phenoxy) is 2. The first-order valence-electron chi connectivity index (χ1n) is 22.4. The first kappa shape index (κ1) is 49.3. The van der Waals surface area contributed by atoms with Crippen LogP contribution in [-0.2, 0) is 9.47 Å². The van der Waals surface area contributed by atoms with E-state index in [1.165, 1.54) is 167 Å². The number of aliphatic hydroxyl groups is 1.